The molecule has 2 aromatic heterocycles. The summed E-state index contributed by atoms with van der Waals surface area (Å²) in [7, 11) is 0. The number of rotatable bonds is 5. The molecular weight excluding hydrogens is 320 g/mol. The van der Waals surface area contributed by atoms with Crippen LogP contribution in [0, 0.1) is 0 Å². The third kappa shape index (κ3) is 3.91. The van der Waals surface area contributed by atoms with Gasteiger partial charge in [0.05, 0.1) is 11.4 Å². The SMILES string of the molecule is CC(C)N(Cc1ccccc1)Cc1c(C(C)(C)C)nc2ccc(N)cn12. The molecule has 0 atom stereocenters. The minimum atomic E-state index is -0.0223. The van der Waals surface area contributed by atoms with Gasteiger partial charge in [0.2, 0.25) is 0 Å². The topological polar surface area (TPSA) is 46.6 Å². The summed E-state index contributed by atoms with van der Waals surface area (Å²) in [5.41, 5.74) is 11.5. The van der Waals surface area contributed by atoms with Crippen LogP contribution in [0.25, 0.3) is 5.65 Å². The van der Waals surface area contributed by atoms with Crippen molar-refractivity contribution < 1.29 is 0 Å². The van der Waals surface area contributed by atoms with Crippen LogP contribution in [-0.4, -0.2) is 20.3 Å². The van der Waals surface area contributed by atoms with Crippen LogP contribution in [0.1, 0.15) is 51.6 Å². The lowest BCUT2D eigenvalue weighted by atomic mass is 9.90. The third-order valence-electron chi connectivity index (χ3n) is 4.76. The average molecular weight is 351 g/mol. The van der Waals surface area contributed by atoms with Crippen molar-refractivity contribution in [3.63, 3.8) is 0 Å². The molecule has 0 aliphatic rings. The van der Waals surface area contributed by atoms with E-state index >= 15 is 0 Å². The lowest BCUT2D eigenvalue weighted by molar-refractivity contribution is 0.199. The lowest BCUT2D eigenvalue weighted by Crippen LogP contribution is -2.31. The molecule has 2 N–H and O–H groups in total. The molecule has 2 heterocycles. The number of hydrogen-bond donors (Lipinski definition) is 1. The van der Waals surface area contributed by atoms with Gasteiger partial charge < -0.3 is 10.1 Å². The Hall–Kier alpha value is -2.33. The van der Waals surface area contributed by atoms with Crippen LogP contribution in [0.3, 0.4) is 0 Å². The highest BCUT2D eigenvalue weighted by Gasteiger charge is 2.25. The molecule has 0 spiro atoms. The van der Waals surface area contributed by atoms with Crippen molar-refractivity contribution in [2.24, 2.45) is 0 Å². The van der Waals surface area contributed by atoms with Crippen LogP contribution in [0.15, 0.2) is 48.7 Å². The predicted molar refractivity (Wildman–Crippen MR) is 109 cm³/mol. The summed E-state index contributed by atoms with van der Waals surface area (Å²) < 4.78 is 2.16. The Labute approximate surface area is 156 Å². The van der Waals surface area contributed by atoms with Crippen LogP contribution >= 0.6 is 0 Å². The van der Waals surface area contributed by atoms with Gasteiger partial charge in [-0.2, -0.15) is 0 Å². The second-order valence-corrected chi connectivity index (χ2v) is 8.33. The number of aromatic nitrogens is 2. The largest absolute Gasteiger partial charge is 0.398 e. The summed E-state index contributed by atoms with van der Waals surface area (Å²) in [6.07, 6.45) is 1.99. The number of nitrogen functional groups attached to an aromatic ring is 1. The fourth-order valence-corrected chi connectivity index (χ4v) is 3.29. The van der Waals surface area contributed by atoms with Crippen LogP contribution in [0.5, 0.6) is 0 Å². The van der Waals surface area contributed by atoms with E-state index in [0.29, 0.717) is 6.04 Å². The molecule has 26 heavy (non-hydrogen) atoms. The number of hydrogen-bond acceptors (Lipinski definition) is 3. The molecule has 1 aromatic carbocycles. The van der Waals surface area contributed by atoms with Crippen molar-refractivity contribution in [2.75, 3.05) is 5.73 Å². The van der Waals surface area contributed by atoms with Crippen LogP contribution in [-0.2, 0) is 18.5 Å². The molecule has 4 heteroatoms. The zero-order valence-electron chi connectivity index (χ0n) is 16.5. The van der Waals surface area contributed by atoms with Crippen molar-refractivity contribution in [1.82, 2.24) is 14.3 Å². The first-order valence-electron chi connectivity index (χ1n) is 9.30. The van der Waals surface area contributed by atoms with Gasteiger partial charge in [-0.3, -0.25) is 4.90 Å². The molecule has 4 nitrogen and oxygen atoms in total. The Kier molecular flexibility index (Phi) is 5.05. The normalized spacial score (nSPS) is 12.4. The molecule has 3 aromatic rings. The first kappa shape index (κ1) is 18.5. The monoisotopic (exact) mass is 350 g/mol. The van der Waals surface area contributed by atoms with Gasteiger partial charge in [-0.25, -0.2) is 4.98 Å². The molecule has 0 saturated carbocycles. The molecule has 0 saturated heterocycles. The number of nitrogens with zero attached hydrogens (tertiary/aromatic N) is 3. The first-order valence-corrected chi connectivity index (χ1v) is 9.30. The summed E-state index contributed by atoms with van der Waals surface area (Å²) in [4.78, 5) is 7.41. The Morgan fingerprint density at radius 2 is 1.73 bits per heavy atom. The highest BCUT2D eigenvalue weighted by Crippen LogP contribution is 2.28. The van der Waals surface area contributed by atoms with E-state index in [-0.39, 0.29) is 5.41 Å². The first-order chi connectivity index (χ1) is 12.3. The fourth-order valence-electron chi connectivity index (χ4n) is 3.29. The maximum atomic E-state index is 6.06. The number of anilines is 1. The Balaban J connectivity index is 2.03. The van der Waals surface area contributed by atoms with Crippen molar-refractivity contribution in [2.45, 2.75) is 59.2 Å². The number of benzene rings is 1. The highest BCUT2D eigenvalue weighted by atomic mass is 15.2. The van der Waals surface area contributed by atoms with E-state index in [1.165, 1.54) is 11.3 Å². The van der Waals surface area contributed by atoms with Gasteiger partial charge in [0, 0.05) is 36.4 Å². The summed E-state index contributed by atoms with van der Waals surface area (Å²) in [5.74, 6) is 0. The van der Waals surface area contributed by atoms with E-state index in [1.807, 2.05) is 18.3 Å². The fraction of sp³-hybridized carbons (Fsp3) is 0.409. The molecule has 138 valence electrons. The number of nitrogens with two attached hydrogens (primary N) is 1. The molecule has 0 amide bonds. The molecule has 0 aliphatic carbocycles. The molecule has 0 bridgehead atoms. The zero-order valence-corrected chi connectivity index (χ0v) is 16.5. The van der Waals surface area contributed by atoms with E-state index in [1.54, 1.807) is 0 Å². The lowest BCUT2D eigenvalue weighted by Gasteiger charge is -2.28. The predicted octanol–water partition coefficient (Wildman–Crippen LogP) is 4.62. The average Bonchev–Trinajstić information content (AvgIpc) is 2.93. The van der Waals surface area contributed by atoms with Crippen LogP contribution < -0.4 is 5.73 Å². The van der Waals surface area contributed by atoms with E-state index in [9.17, 15) is 0 Å². The molecule has 0 unspecified atom stereocenters. The van der Waals surface area contributed by atoms with Crippen LogP contribution in [0.4, 0.5) is 5.69 Å². The Morgan fingerprint density at radius 3 is 2.35 bits per heavy atom. The van der Waals surface area contributed by atoms with E-state index < -0.39 is 0 Å². The maximum Gasteiger partial charge on any atom is 0.137 e. The quantitative estimate of drug-likeness (QED) is 0.730. The summed E-state index contributed by atoms with van der Waals surface area (Å²) in [5, 5.41) is 0. The molecule has 0 fully saturated rings. The van der Waals surface area contributed by atoms with E-state index in [0.717, 1.165) is 30.1 Å². The summed E-state index contributed by atoms with van der Waals surface area (Å²) in [6, 6.07) is 15.0. The highest BCUT2D eigenvalue weighted by molar-refractivity contribution is 5.51. The minimum Gasteiger partial charge on any atom is -0.398 e. The van der Waals surface area contributed by atoms with Crippen LogP contribution in [0.2, 0.25) is 0 Å². The second-order valence-electron chi connectivity index (χ2n) is 8.33. The molecular formula is C22H30N4. The summed E-state index contributed by atoms with van der Waals surface area (Å²) in [6.45, 7) is 12.9. The van der Waals surface area contributed by atoms with Crippen molar-refractivity contribution >= 4 is 11.3 Å². The van der Waals surface area contributed by atoms with Gasteiger partial charge in [-0.1, -0.05) is 51.1 Å². The zero-order chi connectivity index (χ0) is 18.9. The molecule has 0 radical (unpaired) electrons. The molecule has 0 aliphatic heterocycles. The number of imidazole rings is 1. The number of fused-ring (bicyclic) bond motifs is 1. The minimum absolute atomic E-state index is 0.0223. The van der Waals surface area contributed by atoms with E-state index in [4.69, 9.17) is 10.7 Å². The second kappa shape index (κ2) is 7.12. The molecule has 3 rings (SSSR count). The van der Waals surface area contributed by atoms with Crippen molar-refractivity contribution in [3.05, 3.63) is 65.6 Å². The Bertz CT molecular complexity index is 872. The maximum absolute atomic E-state index is 6.06. The van der Waals surface area contributed by atoms with Crippen molar-refractivity contribution in [1.29, 1.82) is 0 Å². The van der Waals surface area contributed by atoms with Crippen molar-refractivity contribution in [3.8, 4) is 0 Å². The third-order valence-corrected chi connectivity index (χ3v) is 4.76. The van der Waals surface area contributed by atoms with Gasteiger partial charge in [0.25, 0.3) is 0 Å². The van der Waals surface area contributed by atoms with Gasteiger partial charge in [-0.15, -0.1) is 0 Å². The van der Waals surface area contributed by atoms with Gasteiger partial charge in [-0.05, 0) is 31.5 Å². The Morgan fingerprint density at radius 1 is 1.04 bits per heavy atom. The van der Waals surface area contributed by atoms with Gasteiger partial charge in [0.15, 0.2) is 0 Å². The van der Waals surface area contributed by atoms with Gasteiger partial charge >= 0.3 is 0 Å². The van der Waals surface area contributed by atoms with E-state index in [2.05, 4.69) is 74.3 Å². The standard InChI is InChI=1S/C22H30N4/c1-16(2)25(13-17-9-7-6-8-10-17)15-19-21(22(3,4)5)24-20-12-11-18(23)14-26(19)20/h6-12,14,16H,13,15,23H2,1-5H3. The smallest absolute Gasteiger partial charge is 0.137 e. The van der Waals surface area contributed by atoms with Gasteiger partial charge in [0.1, 0.15) is 5.65 Å². The number of pyridine rings is 1. The summed E-state index contributed by atoms with van der Waals surface area (Å²) >= 11 is 0.